The van der Waals surface area contributed by atoms with Crippen LogP contribution >= 0.6 is 0 Å². The summed E-state index contributed by atoms with van der Waals surface area (Å²) in [6, 6.07) is 8.87. The molecule has 15 heavy (non-hydrogen) atoms. The van der Waals surface area contributed by atoms with Crippen LogP contribution in [0.15, 0.2) is 35.5 Å². The number of carbonyl (C=O) groups is 1. The molecule has 5 heteroatoms. The maximum absolute atomic E-state index is 11.7. The summed E-state index contributed by atoms with van der Waals surface area (Å²) >= 11 is 0. The number of anilines is 1. The quantitative estimate of drug-likeness (QED) is 0.525. The minimum absolute atomic E-state index is 0.124. The molecule has 1 aliphatic heterocycles. The number of oxime groups is 1. The Kier molecular flexibility index (Phi) is 2.39. The van der Waals surface area contributed by atoms with Crippen molar-refractivity contribution in [3.63, 3.8) is 0 Å². The summed E-state index contributed by atoms with van der Waals surface area (Å²) in [6.45, 7) is 1.76. The third-order valence-corrected chi connectivity index (χ3v) is 2.28. The van der Waals surface area contributed by atoms with Crippen LogP contribution in [0.25, 0.3) is 0 Å². The molecule has 2 rings (SSSR count). The van der Waals surface area contributed by atoms with Gasteiger partial charge in [0.1, 0.15) is 0 Å². The molecule has 1 atom stereocenters. The van der Waals surface area contributed by atoms with Crippen molar-refractivity contribution in [1.82, 2.24) is 5.43 Å². The fraction of sp³-hybridized carbons (Fsp3) is 0.200. The van der Waals surface area contributed by atoms with Crippen LogP contribution < -0.4 is 10.4 Å². The van der Waals surface area contributed by atoms with Gasteiger partial charge in [-0.25, -0.2) is 10.4 Å². The van der Waals surface area contributed by atoms with Crippen molar-refractivity contribution < 1.29 is 10.0 Å². The van der Waals surface area contributed by atoms with Gasteiger partial charge in [-0.2, -0.15) is 0 Å². The molecule has 1 unspecified atom stereocenters. The third kappa shape index (κ3) is 1.57. The monoisotopic (exact) mass is 205 g/mol. The standard InChI is InChI=1S/C10H11N3O2/c1-7-9(12-15)10(14)13(11-7)8-5-3-2-4-6-8/h2-7,11,15H,1H3/b12-9+. The molecular formula is C10H11N3O2. The molecular weight excluding hydrogens is 194 g/mol. The zero-order chi connectivity index (χ0) is 10.8. The van der Waals surface area contributed by atoms with Crippen LogP contribution in [0, 0.1) is 0 Å². The minimum atomic E-state index is -0.323. The number of para-hydroxylation sites is 1. The van der Waals surface area contributed by atoms with Crippen molar-refractivity contribution in [3.8, 4) is 0 Å². The third-order valence-electron chi connectivity index (χ3n) is 2.28. The summed E-state index contributed by atoms with van der Waals surface area (Å²) in [4.78, 5) is 11.7. The van der Waals surface area contributed by atoms with Gasteiger partial charge in [0.2, 0.25) is 0 Å². The van der Waals surface area contributed by atoms with Gasteiger partial charge in [0, 0.05) is 0 Å². The number of benzene rings is 1. The smallest absolute Gasteiger partial charge is 0.292 e. The second-order valence-electron chi connectivity index (χ2n) is 3.31. The van der Waals surface area contributed by atoms with Crippen molar-refractivity contribution in [1.29, 1.82) is 0 Å². The average molecular weight is 205 g/mol. The van der Waals surface area contributed by atoms with Crippen LogP contribution in [0.1, 0.15) is 6.92 Å². The first-order valence-corrected chi connectivity index (χ1v) is 4.61. The number of amides is 1. The highest BCUT2D eigenvalue weighted by atomic mass is 16.4. The fourth-order valence-corrected chi connectivity index (χ4v) is 1.51. The van der Waals surface area contributed by atoms with Gasteiger partial charge in [-0.1, -0.05) is 23.4 Å². The number of hydrazine groups is 1. The van der Waals surface area contributed by atoms with Crippen LogP contribution in [0.5, 0.6) is 0 Å². The van der Waals surface area contributed by atoms with Gasteiger partial charge >= 0.3 is 0 Å². The molecule has 5 nitrogen and oxygen atoms in total. The van der Waals surface area contributed by atoms with E-state index < -0.39 is 0 Å². The predicted octanol–water partition coefficient (Wildman–Crippen LogP) is 0.756. The van der Waals surface area contributed by atoms with Crippen LogP contribution in [0.4, 0.5) is 5.69 Å². The number of hydrogen-bond donors (Lipinski definition) is 2. The van der Waals surface area contributed by atoms with Crippen molar-refractivity contribution in [3.05, 3.63) is 30.3 Å². The maximum Gasteiger partial charge on any atom is 0.292 e. The van der Waals surface area contributed by atoms with Crippen LogP contribution in [0.3, 0.4) is 0 Å². The van der Waals surface area contributed by atoms with Crippen LogP contribution in [0.2, 0.25) is 0 Å². The summed E-state index contributed by atoms with van der Waals surface area (Å²) in [6.07, 6.45) is 0. The Morgan fingerprint density at radius 1 is 1.40 bits per heavy atom. The van der Waals surface area contributed by atoms with Gasteiger partial charge in [-0.05, 0) is 19.1 Å². The normalized spacial score (nSPS) is 23.8. The molecule has 0 bridgehead atoms. The van der Waals surface area contributed by atoms with E-state index >= 15 is 0 Å². The van der Waals surface area contributed by atoms with E-state index in [0.29, 0.717) is 0 Å². The van der Waals surface area contributed by atoms with E-state index in [1.54, 1.807) is 19.1 Å². The summed E-state index contributed by atoms with van der Waals surface area (Å²) in [5.41, 5.74) is 3.77. The SMILES string of the molecule is CC1NN(c2ccccc2)C(=O)/C1=N/O. The molecule has 0 saturated carbocycles. The number of rotatable bonds is 1. The second kappa shape index (κ2) is 3.70. The van der Waals surface area contributed by atoms with E-state index in [1.165, 1.54) is 5.01 Å². The van der Waals surface area contributed by atoms with E-state index in [1.807, 2.05) is 18.2 Å². The lowest BCUT2D eigenvalue weighted by Crippen LogP contribution is -2.36. The molecule has 1 amide bonds. The maximum atomic E-state index is 11.7. The van der Waals surface area contributed by atoms with Crippen molar-refractivity contribution >= 4 is 17.3 Å². The predicted molar refractivity (Wildman–Crippen MR) is 55.7 cm³/mol. The lowest BCUT2D eigenvalue weighted by atomic mass is 10.2. The summed E-state index contributed by atoms with van der Waals surface area (Å²) in [5.74, 6) is -0.323. The minimum Gasteiger partial charge on any atom is -0.410 e. The molecule has 2 N–H and O–H groups in total. The molecule has 1 aliphatic rings. The van der Waals surface area contributed by atoms with E-state index in [0.717, 1.165) is 5.69 Å². The highest BCUT2D eigenvalue weighted by Gasteiger charge is 2.35. The first-order valence-electron chi connectivity index (χ1n) is 4.61. The lowest BCUT2D eigenvalue weighted by Gasteiger charge is -2.15. The van der Waals surface area contributed by atoms with E-state index in [9.17, 15) is 4.79 Å². The zero-order valence-corrected chi connectivity index (χ0v) is 8.21. The molecule has 78 valence electrons. The highest BCUT2D eigenvalue weighted by Crippen LogP contribution is 2.16. The Hall–Kier alpha value is -1.88. The first kappa shape index (κ1) is 9.67. The summed E-state index contributed by atoms with van der Waals surface area (Å²) < 4.78 is 0. The van der Waals surface area contributed by atoms with Crippen molar-refractivity contribution in [2.45, 2.75) is 13.0 Å². The lowest BCUT2D eigenvalue weighted by molar-refractivity contribution is -0.112. The van der Waals surface area contributed by atoms with Crippen LogP contribution in [-0.2, 0) is 4.79 Å². The fourth-order valence-electron chi connectivity index (χ4n) is 1.51. The molecule has 1 aromatic carbocycles. The van der Waals surface area contributed by atoms with Crippen LogP contribution in [-0.4, -0.2) is 22.9 Å². The highest BCUT2D eigenvalue weighted by molar-refractivity contribution is 6.47. The largest absolute Gasteiger partial charge is 0.410 e. The van der Waals surface area contributed by atoms with Gasteiger partial charge in [0.15, 0.2) is 5.71 Å². The van der Waals surface area contributed by atoms with Gasteiger partial charge in [0.05, 0.1) is 11.7 Å². The topological polar surface area (TPSA) is 64.9 Å². The zero-order valence-electron chi connectivity index (χ0n) is 8.21. The molecule has 0 aromatic heterocycles. The Labute approximate surface area is 87.0 Å². The Bertz CT molecular complexity index is 402. The average Bonchev–Trinajstić information content (AvgIpc) is 2.55. The Morgan fingerprint density at radius 2 is 2.07 bits per heavy atom. The number of carbonyl (C=O) groups excluding carboxylic acids is 1. The van der Waals surface area contributed by atoms with Gasteiger partial charge in [-0.15, -0.1) is 0 Å². The molecule has 0 aliphatic carbocycles. The summed E-state index contributed by atoms with van der Waals surface area (Å²) in [5, 5.41) is 13.0. The van der Waals surface area contributed by atoms with E-state index in [-0.39, 0.29) is 17.7 Å². The molecule has 0 spiro atoms. The molecule has 1 heterocycles. The Balaban J connectivity index is 2.31. The van der Waals surface area contributed by atoms with Crippen molar-refractivity contribution in [2.24, 2.45) is 5.16 Å². The van der Waals surface area contributed by atoms with Gasteiger partial charge in [0.25, 0.3) is 5.91 Å². The molecule has 1 fully saturated rings. The van der Waals surface area contributed by atoms with E-state index in [2.05, 4.69) is 10.6 Å². The number of hydrogen-bond acceptors (Lipinski definition) is 4. The number of nitrogens with zero attached hydrogens (tertiary/aromatic N) is 2. The van der Waals surface area contributed by atoms with Gasteiger partial charge < -0.3 is 5.21 Å². The van der Waals surface area contributed by atoms with E-state index in [4.69, 9.17) is 5.21 Å². The second-order valence-corrected chi connectivity index (χ2v) is 3.31. The first-order chi connectivity index (χ1) is 7.24. The van der Waals surface area contributed by atoms with Gasteiger partial charge in [-0.3, -0.25) is 4.79 Å². The molecule has 1 aromatic rings. The van der Waals surface area contributed by atoms with Crippen molar-refractivity contribution in [2.75, 3.05) is 5.01 Å². The molecule has 1 saturated heterocycles. The molecule has 0 radical (unpaired) electrons. The number of nitrogens with one attached hydrogen (secondary N) is 1. The summed E-state index contributed by atoms with van der Waals surface area (Å²) in [7, 11) is 0. The Morgan fingerprint density at radius 3 is 2.60 bits per heavy atom.